The lowest BCUT2D eigenvalue weighted by Gasteiger charge is -2.12. The Kier molecular flexibility index (Phi) is 5.33. The summed E-state index contributed by atoms with van der Waals surface area (Å²) in [5.41, 5.74) is 9.72. The van der Waals surface area contributed by atoms with Crippen molar-refractivity contribution in [2.75, 3.05) is 25.1 Å². The van der Waals surface area contributed by atoms with Crippen LogP contribution in [0, 0.1) is 13.0 Å². The normalized spacial score (nSPS) is 13.6. The van der Waals surface area contributed by atoms with Crippen molar-refractivity contribution in [1.29, 1.82) is 0 Å². The van der Waals surface area contributed by atoms with E-state index in [1.807, 2.05) is 13.0 Å². The Balaban J connectivity index is 1.72. The van der Waals surface area contributed by atoms with Gasteiger partial charge in [-0.3, -0.25) is 0 Å². The summed E-state index contributed by atoms with van der Waals surface area (Å²) in [5, 5.41) is 0. The van der Waals surface area contributed by atoms with Crippen LogP contribution in [-0.2, 0) is 29.4 Å². The molecule has 11 heteroatoms. The van der Waals surface area contributed by atoms with E-state index in [2.05, 4.69) is 25.7 Å². The number of nitrogens with one attached hydrogen (secondary N) is 1. The van der Waals surface area contributed by atoms with Crippen molar-refractivity contribution in [3.05, 3.63) is 40.7 Å². The minimum absolute atomic E-state index is 0.0469. The number of hydrogen-bond donors (Lipinski definition) is 2. The monoisotopic (exact) mass is 434 g/mol. The zero-order valence-corrected chi connectivity index (χ0v) is 17.6. The lowest BCUT2D eigenvalue weighted by Crippen LogP contribution is -2.23. The number of imidazole rings is 1. The lowest BCUT2D eigenvalue weighted by atomic mass is 10.0. The van der Waals surface area contributed by atoms with Gasteiger partial charge in [-0.05, 0) is 43.1 Å². The molecule has 0 saturated heterocycles. The molecule has 0 unspecified atom stereocenters. The van der Waals surface area contributed by atoms with Crippen LogP contribution in [0.2, 0.25) is 0 Å². The minimum Gasteiger partial charge on any atom is -0.493 e. The Labute approximate surface area is 173 Å². The minimum atomic E-state index is -3.36. The Morgan fingerprint density at radius 2 is 2.10 bits per heavy atom. The Bertz CT molecular complexity index is 1220. The number of anilines is 1. The first-order valence-electron chi connectivity index (χ1n) is 9.62. The first-order chi connectivity index (χ1) is 14.3. The van der Waals surface area contributed by atoms with E-state index in [4.69, 9.17) is 10.5 Å². The average Bonchev–Trinajstić information content (AvgIpc) is 3.27. The van der Waals surface area contributed by atoms with Crippen LogP contribution in [0.15, 0.2) is 12.1 Å². The van der Waals surface area contributed by atoms with E-state index in [0.717, 1.165) is 23.3 Å². The van der Waals surface area contributed by atoms with Gasteiger partial charge >= 0.3 is 6.08 Å². The van der Waals surface area contributed by atoms with E-state index < -0.39 is 16.1 Å². The van der Waals surface area contributed by atoms with E-state index in [9.17, 15) is 12.8 Å². The van der Waals surface area contributed by atoms with E-state index >= 15 is 0 Å². The maximum atomic E-state index is 13.8. The van der Waals surface area contributed by atoms with Gasteiger partial charge in [0.05, 0.1) is 12.4 Å². The number of rotatable bonds is 7. The molecule has 0 amide bonds. The van der Waals surface area contributed by atoms with Gasteiger partial charge in [-0.15, -0.1) is 0 Å². The number of nitrogens with two attached hydrogens (primary N) is 1. The molecule has 0 radical (unpaired) electrons. The van der Waals surface area contributed by atoms with Crippen molar-refractivity contribution >= 4 is 27.0 Å². The number of hydrogen-bond acceptors (Lipinski definition) is 7. The molecule has 3 N–H and O–H groups in total. The highest BCUT2D eigenvalue weighted by Gasteiger charge is 2.20. The summed E-state index contributed by atoms with van der Waals surface area (Å²) in [6.45, 7) is 2.99. The molecule has 1 aromatic carbocycles. The highest BCUT2D eigenvalue weighted by atomic mass is 32.2. The van der Waals surface area contributed by atoms with E-state index in [-0.39, 0.29) is 17.2 Å². The molecule has 30 heavy (non-hydrogen) atoms. The molecule has 0 saturated carbocycles. The van der Waals surface area contributed by atoms with Gasteiger partial charge in [0.1, 0.15) is 11.6 Å². The van der Waals surface area contributed by atoms with Gasteiger partial charge in [0.15, 0.2) is 17.0 Å². The van der Waals surface area contributed by atoms with Gasteiger partial charge in [-0.2, -0.15) is 14.4 Å². The molecular weight excluding hydrogens is 411 g/mol. The molecule has 0 atom stereocenters. The van der Waals surface area contributed by atoms with E-state index in [1.54, 1.807) is 4.57 Å². The zero-order chi connectivity index (χ0) is 21.5. The predicted octanol–water partition coefficient (Wildman–Crippen LogP) is 1.32. The average molecular weight is 434 g/mol. The van der Waals surface area contributed by atoms with Crippen LogP contribution < -0.4 is 15.2 Å². The fourth-order valence-electron chi connectivity index (χ4n) is 3.68. The molecule has 160 valence electrons. The Morgan fingerprint density at radius 3 is 2.87 bits per heavy atom. The molecule has 2 aromatic heterocycles. The first-order valence-corrected chi connectivity index (χ1v) is 11.3. The zero-order valence-electron chi connectivity index (χ0n) is 16.8. The highest BCUT2D eigenvalue weighted by Crippen LogP contribution is 2.30. The van der Waals surface area contributed by atoms with Crippen LogP contribution in [0.4, 0.5) is 10.2 Å². The molecule has 3 aromatic rings. The van der Waals surface area contributed by atoms with Crippen molar-refractivity contribution in [2.24, 2.45) is 0 Å². The topological polar surface area (TPSA) is 125 Å². The third-order valence-corrected chi connectivity index (χ3v) is 6.72. The number of sulfonamides is 1. The summed E-state index contributed by atoms with van der Waals surface area (Å²) in [6.07, 6.45) is 0.691. The van der Waals surface area contributed by atoms with Crippen LogP contribution in [0.25, 0.3) is 11.2 Å². The SMILES string of the molecule is CNS(=O)(=O)CCCn1c(Cc2cc3c(cc2C)CCO3)nc2c(N)nc(F)nc21. The number of aromatic nitrogens is 4. The number of ether oxygens (including phenoxy) is 1. The summed E-state index contributed by atoms with van der Waals surface area (Å²) in [5.74, 6) is 1.36. The summed E-state index contributed by atoms with van der Waals surface area (Å²) in [4.78, 5) is 12.0. The number of benzene rings is 1. The van der Waals surface area contributed by atoms with Gasteiger partial charge in [0.2, 0.25) is 10.0 Å². The van der Waals surface area contributed by atoms with Crippen LogP contribution in [-0.4, -0.2) is 47.3 Å². The number of fused-ring (bicyclic) bond motifs is 2. The number of aryl methyl sites for hydroxylation is 2. The second-order valence-electron chi connectivity index (χ2n) is 7.27. The summed E-state index contributed by atoms with van der Waals surface area (Å²) >= 11 is 0. The van der Waals surface area contributed by atoms with Crippen molar-refractivity contribution in [3.63, 3.8) is 0 Å². The van der Waals surface area contributed by atoms with E-state index in [0.29, 0.717) is 37.3 Å². The molecule has 3 heterocycles. The van der Waals surface area contributed by atoms with Crippen LogP contribution >= 0.6 is 0 Å². The lowest BCUT2D eigenvalue weighted by molar-refractivity contribution is 0.356. The molecule has 1 aliphatic rings. The third-order valence-electron chi connectivity index (χ3n) is 5.28. The number of halogens is 1. The maximum absolute atomic E-state index is 13.8. The highest BCUT2D eigenvalue weighted by molar-refractivity contribution is 7.89. The van der Waals surface area contributed by atoms with Crippen molar-refractivity contribution < 1.29 is 17.5 Å². The van der Waals surface area contributed by atoms with Crippen LogP contribution in [0.5, 0.6) is 5.75 Å². The molecule has 0 spiro atoms. The Hall–Kier alpha value is -2.79. The summed E-state index contributed by atoms with van der Waals surface area (Å²) < 4.78 is 47.1. The summed E-state index contributed by atoms with van der Waals surface area (Å²) in [7, 11) is -1.99. The van der Waals surface area contributed by atoms with Gasteiger partial charge in [0, 0.05) is 19.4 Å². The second-order valence-corrected chi connectivity index (χ2v) is 9.31. The van der Waals surface area contributed by atoms with Crippen molar-refractivity contribution in [1.82, 2.24) is 24.2 Å². The maximum Gasteiger partial charge on any atom is 0.312 e. The number of nitrogen functional groups attached to an aromatic ring is 1. The molecule has 0 aliphatic carbocycles. The quantitative estimate of drug-likeness (QED) is 0.537. The first kappa shape index (κ1) is 20.5. The predicted molar refractivity (Wildman–Crippen MR) is 110 cm³/mol. The summed E-state index contributed by atoms with van der Waals surface area (Å²) in [6, 6.07) is 4.11. The number of nitrogens with zero attached hydrogens (tertiary/aromatic N) is 4. The molecular formula is C19H23FN6O3S. The molecule has 1 aliphatic heterocycles. The van der Waals surface area contributed by atoms with Gasteiger partial charge in [-0.1, -0.05) is 6.07 Å². The largest absolute Gasteiger partial charge is 0.493 e. The molecule has 4 rings (SSSR count). The molecule has 9 nitrogen and oxygen atoms in total. The second kappa shape index (κ2) is 7.80. The van der Waals surface area contributed by atoms with Crippen molar-refractivity contribution in [2.45, 2.75) is 32.7 Å². The smallest absolute Gasteiger partial charge is 0.312 e. The fourth-order valence-corrected chi connectivity index (χ4v) is 4.39. The van der Waals surface area contributed by atoms with Crippen molar-refractivity contribution in [3.8, 4) is 5.75 Å². The van der Waals surface area contributed by atoms with Crippen LogP contribution in [0.3, 0.4) is 0 Å². The fraction of sp³-hybridized carbons (Fsp3) is 0.421. The Morgan fingerprint density at radius 1 is 1.30 bits per heavy atom. The van der Waals surface area contributed by atoms with Gasteiger partial charge < -0.3 is 15.0 Å². The van der Waals surface area contributed by atoms with E-state index in [1.165, 1.54) is 12.6 Å². The van der Waals surface area contributed by atoms with Gasteiger partial charge in [-0.25, -0.2) is 18.1 Å². The standard InChI is InChI=1S/C19H23FN6O3S/c1-11-8-12-4-6-29-14(12)9-13(11)10-15-23-16-17(21)24-19(20)25-18(16)26(15)5-3-7-30(27,28)22-2/h8-9,22H,3-7,10H2,1-2H3,(H2,21,24,25). The van der Waals surface area contributed by atoms with Crippen LogP contribution in [0.1, 0.15) is 28.9 Å². The molecule has 0 bridgehead atoms. The third kappa shape index (κ3) is 3.94. The molecule has 0 fully saturated rings. The van der Waals surface area contributed by atoms with Gasteiger partial charge in [0.25, 0.3) is 0 Å².